The summed E-state index contributed by atoms with van der Waals surface area (Å²) < 4.78 is 6.37. The average Bonchev–Trinajstić information content (AvgIpc) is 3.64. The molecule has 4 aromatic rings. The summed E-state index contributed by atoms with van der Waals surface area (Å²) in [6.45, 7) is 3.90. The second kappa shape index (κ2) is 11.8. The van der Waals surface area contributed by atoms with Gasteiger partial charge in [-0.05, 0) is 47.7 Å². The SMILES string of the molecule is CC(C)c1cn(C(=O)NC[C@H](NC(=O)c2c(Cl)cc3c(c2Cl)CCN(C(=O)c2ccc4ccoc4c2)C3)C(=O)O)nn1. The number of aromatic nitrogens is 3. The molecule has 0 radical (unpaired) electrons. The van der Waals surface area contributed by atoms with Crippen LogP contribution in [0.2, 0.25) is 10.0 Å². The van der Waals surface area contributed by atoms with Crippen molar-refractivity contribution < 1.29 is 28.7 Å². The molecule has 14 heteroatoms. The van der Waals surface area contributed by atoms with Gasteiger partial charge in [-0.2, -0.15) is 4.68 Å². The lowest BCUT2D eigenvalue weighted by molar-refractivity contribution is -0.139. The number of nitrogens with one attached hydrogen (secondary N) is 2. The van der Waals surface area contributed by atoms with E-state index < -0.39 is 30.5 Å². The number of carbonyl (C=O) groups excluding carboxylic acids is 3. The summed E-state index contributed by atoms with van der Waals surface area (Å²) in [6, 6.07) is 6.42. The Bertz CT molecular complexity index is 1710. The second-order valence-electron chi connectivity index (χ2n) is 10.1. The van der Waals surface area contributed by atoms with Crippen molar-refractivity contribution in [2.24, 2.45) is 0 Å². The van der Waals surface area contributed by atoms with Crippen LogP contribution in [0.25, 0.3) is 11.0 Å². The third kappa shape index (κ3) is 5.81. The van der Waals surface area contributed by atoms with E-state index in [0.29, 0.717) is 40.9 Å². The molecule has 2 aromatic carbocycles. The van der Waals surface area contributed by atoms with E-state index in [1.165, 1.54) is 6.20 Å². The van der Waals surface area contributed by atoms with E-state index in [0.717, 1.165) is 10.1 Å². The first kappa shape index (κ1) is 29.1. The first-order valence-corrected chi connectivity index (χ1v) is 13.8. The number of furan rings is 1. The third-order valence-corrected chi connectivity index (χ3v) is 7.71. The largest absolute Gasteiger partial charge is 0.480 e. The van der Waals surface area contributed by atoms with Gasteiger partial charge < -0.3 is 25.1 Å². The van der Waals surface area contributed by atoms with Crippen LogP contribution in [-0.2, 0) is 17.8 Å². The number of benzene rings is 2. The summed E-state index contributed by atoms with van der Waals surface area (Å²) in [5, 5.41) is 23.1. The van der Waals surface area contributed by atoms with Crippen molar-refractivity contribution in [3.05, 3.63) is 80.8 Å². The van der Waals surface area contributed by atoms with Crippen molar-refractivity contribution >= 4 is 58.0 Å². The molecule has 3 N–H and O–H groups in total. The van der Waals surface area contributed by atoms with Crippen LogP contribution in [-0.4, -0.2) is 67.9 Å². The van der Waals surface area contributed by atoms with E-state index in [1.54, 1.807) is 29.4 Å². The normalized spacial score (nSPS) is 13.6. The molecule has 218 valence electrons. The van der Waals surface area contributed by atoms with Crippen LogP contribution in [0.3, 0.4) is 0 Å². The predicted octanol–water partition coefficient (Wildman–Crippen LogP) is 4.09. The quantitative estimate of drug-likeness (QED) is 0.281. The van der Waals surface area contributed by atoms with Gasteiger partial charge >= 0.3 is 12.0 Å². The highest BCUT2D eigenvalue weighted by molar-refractivity contribution is 6.40. The van der Waals surface area contributed by atoms with Gasteiger partial charge in [0.1, 0.15) is 11.6 Å². The first-order valence-electron chi connectivity index (χ1n) is 13.0. The highest BCUT2D eigenvalue weighted by atomic mass is 35.5. The Kier molecular flexibility index (Phi) is 8.19. The molecular formula is C28H26Cl2N6O6. The number of hydrogen-bond acceptors (Lipinski definition) is 7. The lowest BCUT2D eigenvalue weighted by Gasteiger charge is -2.30. The van der Waals surface area contributed by atoms with Crippen molar-refractivity contribution in [1.29, 1.82) is 0 Å². The highest BCUT2D eigenvalue weighted by Gasteiger charge is 2.30. The van der Waals surface area contributed by atoms with Crippen molar-refractivity contribution in [3.63, 3.8) is 0 Å². The Morgan fingerprint density at radius 1 is 1.14 bits per heavy atom. The molecule has 0 unspecified atom stereocenters. The zero-order valence-corrected chi connectivity index (χ0v) is 24.1. The van der Waals surface area contributed by atoms with Gasteiger partial charge in [0.2, 0.25) is 0 Å². The third-order valence-electron chi connectivity index (χ3n) is 6.99. The molecule has 12 nitrogen and oxygen atoms in total. The molecule has 1 aliphatic rings. The van der Waals surface area contributed by atoms with Crippen LogP contribution in [0.1, 0.15) is 57.3 Å². The molecular weight excluding hydrogens is 587 g/mol. The van der Waals surface area contributed by atoms with Crippen LogP contribution in [0, 0.1) is 0 Å². The molecule has 1 atom stereocenters. The minimum Gasteiger partial charge on any atom is -0.480 e. The Morgan fingerprint density at radius 2 is 1.93 bits per heavy atom. The standard InChI is InChI=1S/C28H26Cl2N6O6/c1-14(2)21-13-36(34-33-21)28(41)31-11-20(27(39)40)32-25(37)23-19(29)9-17-12-35(7-5-18(17)24(23)30)26(38)16-4-3-15-6-8-42-22(15)10-16/h3-4,6,8-10,13-14,20H,5,7,11-12H2,1-2H3,(H,31,41)(H,32,37)(H,39,40)/t20-/m0/s1. The van der Waals surface area contributed by atoms with Gasteiger partial charge in [0.05, 0.1) is 40.3 Å². The van der Waals surface area contributed by atoms with Gasteiger partial charge in [0, 0.05) is 24.0 Å². The number of nitrogens with zero attached hydrogens (tertiary/aromatic N) is 4. The minimum atomic E-state index is -1.49. The Hall–Kier alpha value is -4.42. The van der Waals surface area contributed by atoms with E-state index in [4.69, 9.17) is 27.6 Å². The molecule has 0 fully saturated rings. The van der Waals surface area contributed by atoms with Crippen LogP contribution >= 0.6 is 23.2 Å². The summed E-state index contributed by atoms with van der Waals surface area (Å²) >= 11 is 13.1. The molecule has 42 heavy (non-hydrogen) atoms. The number of carboxylic acids is 1. The maximum Gasteiger partial charge on any atom is 0.343 e. The van der Waals surface area contributed by atoms with Gasteiger partial charge in [-0.25, -0.2) is 9.59 Å². The maximum absolute atomic E-state index is 13.2. The maximum atomic E-state index is 13.2. The fraction of sp³-hybridized carbons (Fsp3) is 0.286. The summed E-state index contributed by atoms with van der Waals surface area (Å²) in [7, 11) is 0. The molecule has 3 amide bonds. The smallest absolute Gasteiger partial charge is 0.343 e. The van der Waals surface area contributed by atoms with Crippen molar-refractivity contribution in [1.82, 2.24) is 30.5 Å². The summed E-state index contributed by atoms with van der Waals surface area (Å²) in [5.41, 5.74) is 2.91. The van der Waals surface area contributed by atoms with Crippen LogP contribution in [0.4, 0.5) is 4.79 Å². The van der Waals surface area contributed by atoms with Crippen LogP contribution < -0.4 is 10.6 Å². The highest BCUT2D eigenvalue weighted by Crippen LogP contribution is 2.35. The number of hydrogen-bond donors (Lipinski definition) is 3. The zero-order valence-electron chi connectivity index (χ0n) is 22.6. The average molecular weight is 613 g/mol. The molecule has 0 bridgehead atoms. The molecule has 0 spiro atoms. The lowest BCUT2D eigenvalue weighted by Crippen LogP contribution is -2.49. The number of carbonyl (C=O) groups is 4. The second-order valence-corrected chi connectivity index (χ2v) is 10.9. The van der Waals surface area contributed by atoms with Gasteiger partial charge in [0.25, 0.3) is 11.8 Å². The summed E-state index contributed by atoms with van der Waals surface area (Å²) in [6.07, 6.45) is 3.35. The van der Waals surface area contributed by atoms with E-state index in [9.17, 15) is 24.3 Å². The molecule has 1 aliphatic heterocycles. The number of aliphatic carboxylic acids is 1. The summed E-state index contributed by atoms with van der Waals surface area (Å²) in [4.78, 5) is 52.3. The molecule has 5 rings (SSSR count). The van der Waals surface area contributed by atoms with E-state index >= 15 is 0 Å². The van der Waals surface area contributed by atoms with Crippen molar-refractivity contribution in [3.8, 4) is 0 Å². The summed E-state index contributed by atoms with van der Waals surface area (Å²) in [5.74, 6) is -2.34. The fourth-order valence-corrected chi connectivity index (χ4v) is 5.41. The van der Waals surface area contributed by atoms with Crippen LogP contribution in [0.5, 0.6) is 0 Å². The minimum absolute atomic E-state index is 0.000409. The fourth-order valence-electron chi connectivity index (χ4n) is 4.64. The zero-order chi connectivity index (χ0) is 30.1. The van der Waals surface area contributed by atoms with Crippen LogP contribution in [0.15, 0.2) is 47.2 Å². The predicted molar refractivity (Wildman–Crippen MR) is 153 cm³/mol. The number of amides is 3. The molecule has 3 heterocycles. The monoisotopic (exact) mass is 612 g/mol. The number of carboxylic acid groups (broad SMARTS) is 1. The van der Waals surface area contributed by atoms with Gasteiger partial charge in [-0.15, -0.1) is 5.10 Å². The van der Waals surface area contributed by atoms with E-state index in [2.05, 4.69) is 20.9 Å². The van der Waals surface area contributed by atoms with Gasteiger partial charge in [-0.3, -0.25) is 9.59 Å². The van der Waals surface area contributed by atoms with Crippen molar-refractivity contribution in [2.45, 2.75) is 38.8 Å². The van der Waals surface area contributed by atoms with E-state index in [-0.39, 0.29) is 34.0 Å². The molecule has 0 saturated heterocycles. The topological polar surface area (TPSA) is 160 Å². The number of fused-ring (bicyclic) bond motifs is 2. The lowest BCUT2D eigenvalue weighted by atomic mass is 9.96. The molecule has 2 aromatic heterocycles. The van der Waals surface area contributed by atoms with Gasteiger partial charge in [0.15, 0.2) is 0 Å². The molecule has 0 saturated carbocycles. The number of rotatable bonds is 7. The van der Waals surface area contributed by atoms with E-state index in [1.807, 2.05) is 26.0 Å². The number of halogens is 2. The Labute approximate surface area is 249 Å². The Morgan fingerprint density at radius 3 is 2.64 bits per heavy atom. The molecule has 0 aliphatic carbocycles. The van der Waals surface area contributed by atoms with Crippen molar-refractivity contribution in [2.75, 3.05) is 13.1 Å². The Balaban J connectivity index is 1.28. The van der Waals surface area contributed by atoms with Gasteiger partial charge in [-0.1, -0.05) is 48.3 Å². The first-order chi connectivity index (χ1) is 20.0.